The second-order valence-electron chi connectivity index (χ2n) is 14.8. The van der Waals surface area contributed by atoms with E-state index in [1.807, 2.05) is 79.7 Å². The van der Waals surface area contributed by atoms with Crippen molar-refractivity contribution in [1.82, 2.24) is 15.3 Å². The zero-order valence-electron chi connectivity index (χ0n) is 34.1. The molecule has 0 saturated heterocycles. The number of hydrogen-bond donors (Lipinski definition) is 6. The van der Waals surface area contributed by atoms with Crippen LogP contribution in [0.2, 0.25) is 0 Å². The number of unbranched alkanes of at least 4 members (excludes halogenated alkanes) is 1. The van der Waals surface area contributed by atoms with Crippen LogP contribution < -0.4 is 31.6 Å². The summed E-state index contributed by atoms with van der Waals surface area (Å²) in [6.07, 6.45) is 2.63. The third-order valence-corrected chi connectivity index (χ3v) is 10.5. The van der Waals surface area contributed by atoms with Gasteiger partial charge in [0.05, 0.1) is 35.5 Å². The van der Waals surface area contributed by atoms with Crippen LogP contribution in [-0.4, -0.2) is 59.2 Å². The highest BCUT2D eigenvalue weighted by Gasteiger charge is 2.18. The molecule has 1 atom stereocenters. The average molecular weight is 815 g/mol. The number of rotatable bonds is 14. The van der Waals surface area contributed by atoms with Gasteiger partial charge >= 0.3 is 0 Å². The number of nitrogens with zero attached hydrogens (tertiary/aromatic N) is 2. The Kier molecular flexibility index (Phi) is 12.7. The maximum atomic E-state index is 13.7. The predicted molar refractivity (Wildman–Crippen MR) is 240 cm³/mol. The van der Waals surface area contributed by atoms with Crippen LogP contribution >= 0.6 is 0 Å². The number of methoxy groups -OCH3 is 1. The molecule has 7 rings (SSSR count). The zero-order valence-corrected chi connectivity index (χ0v) is 34.1. The molecule has 7 aromatic rings. The van der Waals surface area contributed by atoms with Crippen molar-refractivity contribution in [2.45, 2.75) is 32.3 Å². The summed E-state index contributed by atoms with van der Waals surface area (Å²) < 4.78 is 5.39. The highest BCUT2D eigenvalue weighted by atomic mass is 16.5. The molecule has 5 aromatic carbocycles. The topological polar surface area (TPSA) is 183 Å². The fourth-order valence-electron chi connectivity index (χ4n) is 7.32. The first-order chi connectivity index (χ1) is 29.5. The molecular formula is C49H46N6O6. The minimum Gasteiger partial charge on any atom is -0.506 e. The molecule has 0 unspecified atom stereocenters. The lowest BCUT2D eigenvalue weighted by Crippen LogP contribution is -2.26. The number of aliphatic hydroxyl groups is 1. The van der Waals surface area contributed by atoms with Crippen molar-refractivity contribution in [2.75, 3.05) is 37.5 Å². The van der Waals surface area contributed by atoms with Crippen LogP contribution in [0, 0.1) is 18.8 Å². The lowest BCUT2D eigenvalue weighted by Gasteiger charge is -2.18. The van der Waals surface area contributed by atoms with Gasteiger partial charge in [0.1, 0.15) is 11.5 Å². The number of nitrogens with one attached hydrogen (secondary N) is 3. The molecule has 0 spiro atoms. The number of carbonyl (C=O) groups is 2. The van der Waals surface area contributed by atoms with Gasteiger partial charge in [0.25, 0.3) is 11.8 Å². The standard InChI is InChI=1S/C49H46N6O6/c1-30-23-33(26-40-45(30)52-28-41(48(50)59)46(40)53-35-12-8-13-37(27-35)61-3)24-32-10-7-11-34(25-32)49(60)55(2)36-16-14-31(15-17-36)9-5-4-6-22-51-29-43(57)38-18-20-42(56)47-39(38)19-21-44(58)54-47/h7-8,10-21,23,25-28,43,51,56-57H,4,6,22,24,29H2,1-3H3,(H2,50,59)(H,52,53)(H,54,58)/t43-/m0/s1. The molecule has 12 nitrogen and oxygen atoms in total. The zero-order chi connectivity index (χ0) is 43.0. The molecule has 2 aromatic heterocycles. The van der Waals surface area contributed by atoms with Crippen LogP contribution in [-0.2, 0) is 6.42 Å². The Morgan fingerprint density at radius 3 is 2.54 bits per heavy atom. The van der Waals surface area contributed by atoms with E-state index in [0.29, 0.717) is 59.4 Å². The van der Waals surface area contributed by atoms with Crippen molar-refractivity contribution < 1.29 is 24.5 Å². The lowest BCUT2D eigenvalue weighted by molar-refractivity contribution is 0.0988. The molecule has 0 fully saturated rings. The predicted octanol–water partition coefficient (Wildman–Crippen LogP) is 7.26. The van der Waals surface area contributed by atoms with E-state index < -0.39 is 12.0 Å². The van der Waals surface area contributed by atoms with E-state index in [0.717, 1.165) is 51.0 Å². The molecule has 61 heavy (non-hydrogen) atoms. The summed E-state index contributed by atoms with van der Waals surface area (Å²) in [6, 6.07) is 32.7. The number of hydrogen-bond acceptors (Lipinski definition) is 9. The molecule has 0 aliphatic carbocycles. The number of H-pyrrole nitrogens is 1. The number of ether oxygens (including phenoxy) is 1. The first-order valence-electron chi connectivity index (χ1n) is 19.8. The molecule has 0 radical (unpaired) electrons. The van der Waals surface area contributed by atoms with Crippen LogP contribution in [0.4, 0.5) is 17.1 Å². The molecular weight excluding hydrogens is 769 g/mol. The highest BCUT2D eigenvalue weighted by Crippen LogP contribution is 2.33. The van der Waals surface area contributed by atoms with Gasteiger partial charge in [0, 0.05) is 71.6 Å². The number of fused-ring (bicyclic) bond motifs is 2. The smallest absolute Gasteiger partial charge is 0.258 e. The first kappa shape index (κ1) is 41.7. The van der Waals surface area contributed by atoms with Gasteiger partial charge < -0.3 is 41.2 Å². The van der Waals surface area contributed by atoms with E-state index in [1.165, 1.54) is 18.3 Å². The monoisotopic (exact) mass is 814 g/mol. The van der Waals surface area contributed by atoms with Crippen LogP contribution in [0.5, 0.6) is 11.5 Å². The molecule has 2 heterocycles. The number of anilines is 3. The van der Waals surface area contributed by atoms with Crippen molar-refractivity contribution >= 4 is 50.7 Å². The van der Waals surface area contributed by atoms with E-state index in [9.17, 15) is 24.6 Å². The second-order valence-corrected chi connectivity index (χ2v) is 14.8. The molecule has 0 saturated carbocycles. The average Bonchev–Trinajstić information content (AvgIpc) is 3.26. The van der Waals surface area contributed by atoms with Crippen LogP contribution in [0.3, 0.4) is 0 Å². The Morgan fingerprint density at radius 1 is 0.951 bits per heavy atom. The summed E-state index contributed by atoms with van der Waals surface area (Å²) in [5.41, 5.74) is 13.7. The number of phenols is 1. The van der Waals surface area contributed by atoms with Gasteiger partial charge in [-0.2, -0.15) is 0 Å². The number of aliphatic hydroxyl groups excluding tert-OH is 1. The van der Waals surface area contributed by atoms with Crippen LogP contribution in [0.25, 0.3) is 21.8 Å². The van der Waals surface area contributed by atoms with Gasteiger partial charge in [-0.25, -0.2) is 0 Å². The van der Waals surface area contributed by atoms with Crippen LogP contribution in [0.15, 0.2) is 120 Å². The second kappa shape index (κ2) is 18.6. The van der Waals surface area contributed by atoms with E-state index >= 15 is 0 Å². The van der Waals surface area contributed by atoms with Crippen LogP contribution in [0.1, 0.15) is 67.5 Å². The summed E-state index contributed by atoms with van der Waals surface area (Å²) in [6.45, 7) is 2.93. The van der Waals surface area contributed by atoms with Crippen molar-refractivity contribution in [1.29, 1.82) is 0 Å². The number of pyridine rings is 2. The van der Waals surface area contributed by atoms with Gasteiger partial charge in [-0.05, 0) is 115 Å². The molecule has 12 heteroatoms. The molecule has 0 aliphatic heterocycles. The quantitative estimate of drug-likeness (QED) is 0.0486. The number of nitrogens with two attached hydrogens (primary N) is 1. The molecule has 0 aliphatic rings. The summed E-state index contributed by atoms with van der Waals surface area (Å²) in [5, 5.41) is 28.8. The van der Waals surface area contributed by atoms with Gasteiger partial charge in [-0.1, -0.05) is 42.2 Å². The van der Waals surface area contributed by atoms with Gasteiger partial charge in [-0.3, -0.25) is 19.4 Å². The summed E-state index contributed by atoms with van der Waals surface area (Å²) in [7, 11) is 3.34. The number of aryl methyl sites for hydroxylation is 1. The number of aromatic hydroxyl groups is 1. The Labute approximate surface area is 353 Å². The Bertz CT molecular complexity index is 2880. The van der Waals surface area contributed by atoms with Crippen molar-refractivity contribution in [3.63, 3.8) is 0 Å². The number of phenolic OH excluding ortho intramolecular Hbond substituents is 1. The van der Waals surface area contributed by atoms with E-state index in [2.05, 4.69) is 38.5 Å². The lowest BCUT2D eigenvalue weighted by atomic mass is 9.97. The van der Waals surface area contributed by atoms with Crippen molar-refractivity contribution in [2.24, 2.45) is 5.73 Å². The van der Waals surface area contributed by atoms with E-state index in [-0.39, 0.29) is 22.8 Å². The number of primary amides is 1. The van der Waals surface area contributed by atoms with Crippen molar-refractivity contribution in [3.8, 4) is 23.3 Å². The van der Waals surface area contributed by atoms with E-state index in [1.54, 1.807) is 37.3 Å². The fraction of sp³-hybridized carbons (Fsp3) is 0.184. The number of benzene rings is 5. The summed E-state index contributed by atoms with van der Waals surface area (Å²) in [5.74, 6) is 6.25. The third kappa shape index (κ3) is 9.71. The normalized spacial score (nSPS) is 11.5. The van der Waals surface area contributed by atoms with Gasteiger partial charge in [-0.15, -0.1) is 0 Å². The number of aromatic amines is 1. The van der Waals surface area contributed by atoms with E-state index in [4.69, 9.17) is 10.5 Å². The number of aromatic nitrogens is 2. The maximum absolute atomic E-state index is 13.7. The largest absolute Gasteiger partial charge is 0.506 e. The number of amides is 2. The maximum Gasteiger partial charge on any atom is 0.258 e. The van der Waals surface area contributed by atoms with Gasteiger partial charge in [0.2, 0.25) is 5.56 Å². The highest BCUT2D eigenvalue weighted by molar-refractivity contribution is 6.08. The Hall–Kier alpha value is -7.46. The minimum absolute atomic E-state index is 0.0469. The molecule has 7 N–H and O–H groups in total. The molecule has 2 amide bonds. The van der Waals surface area contributed by atoms with Gasteiger partial charge in [0.15, 0.2) is 0 Å². The third-order valence-electron chi connectivity index (χ3n) is 10.5. The summed E-state index contributed by atoms with van der Waals surface area (Å²) in [4.78, 5) is 46.8. The SMILES string of the molecule is COc1cccc(Nc2c(C(N)=O)cnc3c(C)cc(Cc4cccc(C(=O)N(C)c5ccc(C#CCCCNC[C@H](O)c6ccc(O)c7[nH]c(=O)ccc67)cc5)c4)cc23)c1. The first-order valence-corrected chi connectivity index (χ1v) is 19.8. The molecule has 308 valence electrons. The number of carbonyl (C=O) groups excluding carboxylic acids is 2. The van der Waals surface area contributed by atoms with Crippen molar-refractivity contribution in [3.05, 3.63) is 165 Å². The fourth-order valence-corrected chi connectivity index (χ4v) is 7.32. The minimum atomic E-state index is -0.824. The summed E-state index contributed by atoms with van der Waals surface area (Å²) >= 11 is 0. The molecule has 0 bridgehead atoms. The Morgan fingerprint density at radius 2 is 1.75 bits per heavy atom. The Balaban J connectivity index is 0.956.